The molecule has 2 aliphatic heterocycles. The molecule has 1 saturated carbocycles. The van der Waals surface area contributed by atoms with Crippen LogP contribution in [-0.4, -0.2) is 54.7 Å². The number of aryl methyl sites for hydroxylation is 1. The minimum absolute atomic E-state index is 0.0176. The number of furan rings is 1. The van der Waals surface area contributed by atoms with E-state index in [2.05, 4.69) is 5.32 Å². The second kappa shape index (κ2) is 5.83. The van der Waals surface area contributed by atoms with Crippen molar-refractivity contribution >= 4 is 11.8 Å². The summed E-state index contributed by atoms with van der Waals surface area (Å²) in [6, 6.07) is 1.85. The first-order chi connectivity index (χ1) is 11.9. The Balaban J connectivity index is 1.22. The van der Waals surface area contributed by atoms with E-state index in [1.165, 1.54) is 0 Å². The quantitative estimate of drug-likeness (QED) is 0.871. The first-order valence-electron chi connectivity index (χ1n) is 8.79. The number of amides is 2. The van der Waals surface area contributed by atoms with Crippen molar-refractivity contribution in [1.82, 2.24) is 10.2 Å². The summed E-state index contributed by atoms with van der Waals surface area (Å²) in [5, 5.41) is 2.65. The smallest absolute Gasteiger partial charge is 0.257 e. The number of nitrogens with one attached hydrogen (secondary N) is 1. The van der Waals surface area contributed by atoms with Gasteiger partial charge in [-0.05, 0) is 37.8 Å². The molecule has 25 heavy (non-hydrogen) atoms. The lowest BCUT2D eigenvalue weighted by Crippen LogP contribution is -2.59. The first-order valence-corrected chi connectivity index (χ1v) is 8.79. The number of carbonyl (C=O) groups excluding carboxylic acids is 2. The predicted octanol–water partition coefficient (Wildman–Crippen LogP) is 1.37. The number of carbonyl (C=O) groups is 2. The van der Waals surface area contributed by atoms with Crippen molar-refractivity contribution in [2.45, 2.75) is 44.4 Å². The van der Waals surface area contributed by atoms with Crippen molar-refractivity contribution in [1.29, 1.82) is 0 Å². The molecule has 1 spiro atoms. The van der Waals surface area contributed by atoms with Crippen LogP contribution in [0, 0.1) is 12.3 Å². The topological polar surface area (TPSA) is 71.8 Å². The molecule has 3 heterocycles. The number of rotatable bonds is 5. The lowest BCUT2D eigenvalue weighted by atomic mass is 9.77. The van der Waals surface area contributed by atoms with E-state index in [0.29, 0.717) is 39.1 Å². The van der Waals surface area contributed by atoms with Gasteiger partial charge in [0.15, 0.2) is 5.67 Å². The van der Waals surface area contributed by atoms with Crippen LogP contribution in [-0.2, 0) is 20.7 Å². The molecular weight excluding hydrogens is 327 g/mol. The molecule has 3 aliphatic rings. The molecule has 1 aliphatic carbocycles. The van der Waals surface area contributed by atoms with E-state index in [9.17, 15) is 14.0 Å². The molecule has 1 atom stereocenters. The van der Waals surface area contributed by atoms with E-state index >= 15 is 0 Å². The standard InChI is InChI=1S/C18H23FN2O4/c1-12-2-5-24-14(12)6-15(22)21-9-17(10-21)7-13(25-11-17)8-20-16(23)18(19)3-4-18/h2,5,13H,3-4,6-11H2,1H3,(H,20,23). The van der Waals surface area contributed by atoms with Crippen molar-refractivity contribution < 1.29 is 23.1 Å². The van der Waals surface area contributed by atoms with Crippen LogP contribution in [0.15, 0.2) is 16.7 Å². The normalized spacial score (nSPS) is 25.7. The molecule has 6 nitrogen and oxygen atoms in total. The van der Waals surface area contributed by atoms with Crippen LogP contribution < -0.4 is 5.32 Å². The highest BCUT2D eigenvalue weighted by atomic mass is 19.1. The maximum absolute atomic E-state index is 13.6. The number of hydrogen-bond donors (Lipinski definition) is 1. The molecule has 2 saturated heterocycles. The Bertz CT molecular complexity index is 691. The van der Waals surface area contributed by atoms with Crippen LogP contribution in [0.25, 0.3) is 0 Å². The van der Waals surface area contributed by atoms with Crippen LogP contribution in [0.4, 0.5) is 4.39 Å². The monoisotopic (exact) mass is 350 g/mol. The van der Waals surface area contributed by atoms with Gasteiger partial charge in [-0.3, -0.25) is 9.59 Å². The number of alkyl halides is 1. The minimum Gasteiger partial charge on any atom is -0.469 e. The summed E-state index contributed by atoms with van der Waals surface area (Å²) in [5.41, 5.74) is -0.666. The third-order valence-electron chi connectivity index (χ3n) is 5.56. The fourth-order valence-electron chi connectivity index (χ4n) is 3.72. The molecule has 3 fully saturated rings. The maximum atomic E-state index is 13.6. The average Bonchev–Trinajstić information content (AvgIpc) is 2.98. The first kappa shape index (κ1) is 16.6. The highest BCUT2D eigenvalue weighted by Crippen LogP contribution is 2.42. The molecule has 0 radical (unpaired) electrons. The van der Waals surface area contributed by atoms with Gasteiger partial charge in [-0.15, -0.1) is 0 Å². The number of halogens is 1. The second-order valence-corrected chi connectivity index (χ2v) is 7.77. The van der Waals surface area contributed by atoms with Crippen LogP contribution in [0.1, 0.15) is 30.6 Å². The Morgan fingerprint density at radius 3 is 2.80 bits per heavy atom. The van der Waals surface area contributed by atoms with E-state index in [1.807, 2.05) is 17.9 Å². The largest absolute Gasteiger partial charge is 0.469 e. The molecule has 7 heteroatoms. The number of hydrogen-bond acceptors (Lipinski definition) is 4. The zero-order chi connectivity index (χ0) is 17.7. The molecule has 136 valence electrons. The summed E-state index contributed by atoms with van der Waals surface area (Å²) < 4.78 is 24.7. The zero-order valence-electron chi connectivity index (χ0n) is 14.3. The van der Waals surface area contributed by atoms with E-state index in [1.54, 1.807) is 6.26 Å². The van der Waals surface area contributed by atoms with Crippen molar-refractivity contribution in [3.63, 3.8) is 0 Å². The van der Waals surface area contributed by atoms with Crippen molar-refractivity contribution in [2.24, 2.45) is 5.41 Å². The van der Waals surface area contributed by atoms with Crippen molar-refractivity contribution in [2.75, 3.05) is 26.2 Å². The van der Waals surface area contributed by atoms with Crippen LogP contribution in [0.5, 0.6) is 0 Å². The van der Waals surface area contributed by atoms with E-state index in [4.69, 9.17) is 9.15 Å². The van der Waals surface area contributed by atoms with E-state index in [0.717, 1.165) is 17.7 Å². The van der Waals surface area contributed by atoms with Gasteiger partial charge in [0.1, 0.15) is 5.76 Å². The Hall–Kier alpha value is -1.89. The molecule has 2 amide bonds. The Morgan fingerprint density at radius 1 is 1.40 bits per heavy atom. The van der Waals surface area contributed by atoms with Crippen LogP contribution in [0.2, 0.25) is 0 Å². The Morgan fingerprint density at radius 2 is 2.16 bits per heavy atom. The fraction of sp³-hybridized carbons (Fsp3) is 0.667. The van der Waals surface area contributed by atoms with Crippen molar-refractivity contribution in [3.8, 4) is 0 Å². The highest BCUT2D eigenvalue weighted by Gasteiger charge is 2.52. The SMILES string of the molecule is Cc1ccoc1CC(=O)N1CC2(COC(CNC(=O)C3(F)CC3)C2)C1. The Labute approximate surface area is 145 Å². The molecule has 4 rings (SSSR count). The Kier molecular flexibility index (Phi) is 3.86. The third-order valence-corrected chi connectivity index (χ3v) is 5.56. The van der Waals surface area contributed by atoms with Gasteiger partial charge in [0.05, 0.1) is 25.4 Å². The number of likely N-dealkylation sites (tertiary alicyclic amines) is 1. The van der Waals surface area contributed by atoms with Gasteiger partial charge in [-0.1, -0.05) is 0 Å². The molecule has 0 bridgehead atoms. The van der Waals surface area contributed by atoms with Gasteiger partial charge >= 0.3 is 0 Å². The third kappa shape index (κ3) is 3.17. The summed E-state index contributed by atoms with van der Waals surface area (Å²) in [7, 11) is 0. The van der Waals surface area contributed by atoms with Crippen molar-refractivity contribution in [3.05, 3.63) is 23.7 Å². The zero-order valence-corrected chi connectivity index (χ0v) is 14.3. The van der Waals surface area contributed by atoms with E-state index < -0.39 is 11.6 Å². The van der Waals surface area contributed by atoms with Crippen LogP contribution >= 0.6 is 0 Å². The van der Waals surface area contributed by atoms with Crippen LogP contribution in [0.3, 0.4) is 0 Å². The van der Waals surface area contributed by atoms with Gasteiger partial charge in [0.25, 0.3) is 5.91 Å². The van der Waals surface area contributed by atoms with Gasteiger partial charge in [-0.25, -0.2) is 4.39 Å². The predicted molar refractivity (Wildman–Crippen MR) is 86.6 cm³/mol. The fourth-order valence-corrected chi connectivity index (χ4v) is 3.72. The summed E-state index contributed by atoms with van der Waals surface area (Å²) >= 11 is 0. The lowest BCUT2D eigenvalue weighted by molar-refractivity contribution is -0.142. The summed E-state index contributed by atoms with van der Waals surface area (Å²) in [4.78, 5) is 25.8. The lowest BCUT2D eigenvalue weighted by Gasteiger charge is -2.47. The molecule has 0 aromatic carbocycles. The molecule has 1 aromatic heterocycles. The average molecular weight is 350 g/mol. The molecule has 1 aromatic rings. The number of ether oxygens (including phenoxy) is 1. The van der Waals surface area contributed by atoms with Gasteiger partial charge < -0.3 is 19.4 Å². The highest BCUT2D eigenvalue weighted by molar-refractivity contribution is 5.87. The van der Waals surface area contributed by atoms with Gasteiger partial charge in [0, 0.05) is 25.0 Å². The van der Waals surface area contributed by atoms with Gasteiger partial charge in [-0.2, -0.15) is 0 Å². The maximum Gasteiger partial charge on any atom is 0.257 e. The summed E-state index contributed by atoms with van der Waals surface area (Å²) in [6.45, 7) is 4.19. The summed E-state index contributed by atoms with van der Waals surface area (Å²) in [5.74, 6) is 0.263. The molecular formula is C18H23FN2O4. The molecule has 1 unspecified atom stereocenters. The second-order valence-electron chi connectivity index (χ2n) is 7.77. The van der Waals surface area contributed by atoms with E-state index in [-0.39, 0.29) is 23.8 Å². The number of nitrogens with zero attached hydrogens (tertiary/aromatic N) is 1. The minimum atomic E-state index is -1.64. The molecule has 1 N–H and O–H groups in total. The summed E-state index contributed by atoms with van der Waals surface area (Å²) in [6.07, 6.45) is 3.21. The van der Waals surface area contributed by atoms with Gasteiger partial charge in [0.2, 0.25) is 5.91 Å².